The van der Waals surface area contributed by atoms with E-state index in [1.165, 1.54) is 0 Å². The van der Waals surface area contributed by atoms with E-state index >= 15 is 0 Å². The zero-order valence-corrected chi connectivity index (χ0v) is 13.2. The van der Waals surface area contributed by atoms with Gasteiger partial charge in [0.25, 0.3) is 0 Å². The number of hydrogen-bond donors (Lipinski definition) is 1. The summed E-state index contributed by atoms with van der Waals surface area (Å²) < 4.78 is 5.84. The lowest BCUT2D eigenvalue weighted by Crippen LogP contribution is -2.54. The lowest BCUT2D eigenvalue weighted by atomic mass is 9.70. The van der Waals surface area contributed by atoms with Crippen molar-refractivity contribution in [2.45, 2.75) is 31.0 Å². The van der Waals surface area contributed by atoms with Gasteiger partial charge in [-0.2, -0.15) is 0 Å². The molecule has 2 aromatic carbocycles. The first-order valence-electron chi connectivity index (χ1n) is 8.27. The third-order valence-electron chi connectivity index (χ3n) is 4.81. The van der Waals surface area contributed by atoms with Crippen LogP contribution in [0.2, 0.25) is 0 Å². The van der Waals surface area contributed by atoms with Crippen LogP contribution in [-0.4, -0.2) is 16.7 Å². The second kappa shape index (κ2) is 5.81. The van der Waals surface area contributed by atoms with Crippen LogP contribution in [0.4, 0.5) is 0 Å². The van der Waals surface area contributed by atoms with Crippen LogP contribution in [0.25, 0.3) is 0 Å². The van der Waals surface area contributed by atoms with Crippen LogP contribution in [0.3, 0.4) is 0 Å². The number of hydrogen-bond acceptors (Lipinski definition) is 3. The molecule has 120 valence electrons. The molecule has 3 atom stereocenters. The van der Waals surface area contributed by atoms with Crippen molar-refractivity contribution >= 4 is 5.78 Å². The molecule has 0 aromatic heterocycles. The standard InChI is InChI=1S/C21H18O3/c22-18-10-6-14-21(23)20(18)17(13-12-15-7-2-1-3-8-15)16-9-4-5-11-19(16)24-21/h1-5,7-9,11,17,20,23H,6,10,14H2. The molecular formula is C21H18O3. The summed E-state index contributed by atoms with van der Waals surface area (Å²) in [5, 5.41) is 11.0. The molecule has 0 spiro atoms. The smallest absolute Gasteiger partial charge is 0.219 e. The molecular weight excluding hydrogens is 300 g/mol. The highest BCUT2D eigenvalue weighted by atomic mass is 16.6. The first-order valence-corrected chi connectivity index (χ1v) is 8.27. The van der Waals surface area contributed by atoms with E-state index in [0.29, 0.717) is 25.0 Å². The first-order chi connectivity index (χ1) is 11.7. The zero-order chi connectivity index (χ0) is 16.6. The Hall–Kier alpha value is -2.57. The number of ether oxygens (including phenoxy) is 1. The molecule has 1 fully saturated rings. The van der Waals surface area contributed by atoms with Gasteiger partial charge in [-0.25, -0.2) is 0 Å². The van der Waals surface area contributed by atoms with E-state index < -0.39 is 11.7 Å². The number of carbonyl (C=O) groups is 1. The minimum atomic E-state index is -1.44. The summed E-state index contributed by atoms with van der Waals surface area (Å²) in [6, 6.07) is 17.2. The van der Waals surface area contributed by atoms with Crippen molar-refractivity contribution in [3.63, 3.8) is 0 Å². The summed E-state index contributed by atoms with van der Waals surface area (Å²) in [4.78, 5) is 12.6. The van der Waals surface area contributed by atoms with Crippen LogP contribution in [0.15, 0.2) is 54.6 Å². The molecule has 3 heteroatoms. The summed E-state index contributed by atoms with van der Waals surface area (Å²) >= 11 is 0. The van der Waals surface area contributed by atoms with E-state index in [-0.39, 0.29) is 11.7 Å². The summed E-state index contributed by atoms with van der Waals surface area (Å²) in [5.41, 5.74) is 1.78. The Bertz CT molecular complexity index is 831. The van der Waals surface area contributed by atoms with Crippen LogP contribution in [-0.2, 0) is 4.79 Å². The molecule has 1 N–H and O–H groups in total. The predicted molar refractivity (Wildman–Crippen MR) is 90.4 cm³/mol. The van der Waals surface area contributed by atoms with Crippen molar-refractivity contribution in [1.82, 2.24) is 0 Å². The maximum atomic E-state index is 12.6. The molecule has 3 nitrogen and oxygen atoms in total. The molecule has 3 unspecified atom stereocenters. The lowest BCUT2D eigenvalue weighted by molar-refractivity contribution is -0.205. The van der Waals surface area contributed by atoms with Crippen LogP contribution < -0.4 is 4.74 Å². The van der Waals surface area contributed by atoms with Gasteiger partial charge in [-0.3, -0.25) is 4.79 Å². The molecule has 0 radical (unpaired) electrons. The predicted octanol–water partition coefficient (Wildman–Crippen LogP) is 3.27. The Morgan fingerprint density at radius 3 is 2.67 bits per heavy atom. The summed E-state index contributed by atoms with van der Waals surface area (Å²) in [7, 11) is 0. The summed E-state index contributed by atoms with van der Waals surface area (Å²) in [6.45, 7) is 0. The highest BCUT2D eigenvalue weighted by Crippen LogP contribution is 2.48. The van der Waals surface area contributed by atoms with Gasteiger partial charge in [-0.15, -0.1) is 0 Å². The Balaban J connectivity index is 1.82. The molecule has 0 saturated heterocycles. The minimum Gasteiger partial charge on any atom is -0.461 e. The van der Waals surface area contributed by atoms with Crippen molar-refractivity contribution in [3.05, 3.63) is 65.7 Å². The van der Waals surface area contributed by atoms with Gasteiger partial charge in [0.2, 0.25) is 5.79 Å². The van der Waals surface area contributed by atoms with Crippen molar-refractivity contribution < 1.29 is 14.6 Å². The van der Waals surface area contributed by atoms with Gasteiger partial charge in [0.15, 0.2) is 0 Å². The van der Waals surface area contributed by atoms with E-state index in [1.54, 1.807) is 0 Å². The quantitative estimate of drug-likeness (QED) is 0.758. The van der Waals surface area contributed by atoms with Gasteiger partial charge in [-0.05, 0) is 24.6 Å². The topological polar surface area (TPSA) is 46.5 Å². The largest absolute Gasteiger partial charge is 0.461 e. The van der Waals surface area contributed by atoms with Crippen LogP contribution in [0.5, 0.6) is 5.75 Å². The Labute approximate surface area is 141 Å². The number of benzene rings is 2. The lowest BCUT2D eigenvalue weighted by Gasteiger charge is -2.45. The number of para-hydroxylation sites is 1. The van der Waals surface area contributed by atoms with E-state index in [4.69, 9.17) is 4.74 Å². The number of rotatable bonds is 0. The highest BCUT2D eigenvalue weighted by molar-refractivity contribution is 5.85. The summed E-state index contributed by atoms with van der Waals surface area (Å²) in [6.07, 6.45) is 1.58. The molecule has 0 amide bonds. The number of ketones is 1. The third kappa shape index (κ3) is 2.50. The van der Waals surface area contributed by atoms with Gasteiger partial charge < -0.3 is 9.84 Å². The normalized spacial score (nSPS) is 28.0. The van der Waals surface area contributed by atoms with Gasteiger partial charge in [0, 0.05) is 24.0 Å². The number of aliphatic hydroxyl groups is 1. The van der Waals surface area contributed by atoms with E-state index in [1.807, 2.05) is 54.6 Å². The zero-order valence-electron chi connectivity index (χ0n) is 13.2. The van der Waals surface area contributed by atoms with Crippen molar-refractivity contribution in [1.29, 1.82) is 0 Å². The molecule has 2 aliphatic rings. The van der Waals surface area contributed by atoms with Crippen molar-refractivity contribution in [3.8, 4) is 17.6 Å². The fourth-order valence-corrected chi connectivity index (χ4v) is 3.68. The third-order valence-corrected chi connectivity index (χ3v) is 4.81. The van der Waals surface area contributed by atoms with Gasteiger partial charge >= 0.3 is 0 Å². The minimum absolute atomic E-state index is 0.0330. The van der Waals surface area contributed by atoms with Crippen LogP contribution in [0, 0.1) is 17.8 Å². The molecule has 1 heterocycles. The Morgan fingerprint density at radius 1 is 1.08 bits per heavy atom. The molecule has 4 rings (SSSR count). The highest BCUT2D eigenvalue weighted by Gasteiger charge is 2.53. The molecule has 1 aliphatic heterocycles. The van der Waals surface area contributed by atoms with Gasteiger partial charge in [0.05, 0.1) is 5.92 Å². The van der Waals surface area contributed by atoms with E-state index in [9.17, 15) is 9.90 Å². The average molecular weight is 318 g/mol. The summed E-state index contributed by atoms with van der Waals surface area (Å²) in [5.74, 6) is 4.63. The number of fused-ring (bicyclic) bond motifs is 2. The fourth-order valence-electron chi connectivity index (χ4n) is 3.68. The van der Waals surface area contributed by atoms with Crippen LogP contribution in [0.1, 0.15) is 36.3 Å². The second-order valence-corrected chi connectivity index (χ2v) is 6.40. The molecule has 0 bridgehead atoms. The van der Waals surface area contributed by atoms with Crippen LogP contribution >= 0.6 is 0 Å². The molecule has 24 heavy (non-hydrogen) atoms. The number of Topliss-reactive ketones (excluding diaryl/α,β-unsaturated/α-hetero) is 1. The molecule has 2 aromatic rings. The fraction of sp³-hybridized carbons (Fsp3) is 0.286. The average Bonchev–Trinajstić information content (AvgIpc) is 2.59. The number of carbonyl (C=O) groups excluding carboxylic acids is 1. The monoisotopic (exact) mass is 318 g/mol. The Morgan fingerprint density at radius 2 is 1.83 bits per heavy atom. The Kier molecular flexibility index (Phi) is 3.63. The van der Waals surface area contributed by atoms with E-state index in [2.05, 4.69) is 11.8 Å². The molecule has 1 saturated carbocycles. The first kappa shape index (κ1) is 15.0. The molecule has 1 aliphatic carbocycles. The van der Waals surface area contributed by atoms with Crippen molar-refractivity contribution in [2.24, 2.45) is 5.92 Å². The SMILES string of the molecule is O=C1CCCC2(O)Oc3ccccc3C(C#Cc3ccccc3)C12. The second-order valence-electron chi connectivity index (χ2n) is 6.40. The van der Waals surface area contributed by atoms with Gasteiger partial charge in [-0.1, -0.05) is 48.2 Å². The van der Waals surface area contributed by atoms with Gasteiger partial charge in [0.1, 0.15) is 17.5 Å². The maximum absolute atomic E-state index is 12.6. The van der Waals surface area contributed by atoms with E-state index in [0.717, 1.165) is 11.1 Å². The maximum Gasteiger partial charge on any atom is 0.219 e. The van der Waals surface area contributed by atoms with Crippen molar-refractivity contribution in [2.75, 3.05) is 0 Å².